The molecule has 0 spiro atoms. The van der Waals surface area contributed by atoms with E-state index in [1.807, 2.05) is 43.3 Å². The van der Waals surface area contributed by atoms with Gasteiger partial charge in [0.05, 0.1) is 0 Å². The van der Waals surface area contributed by atoms with Crippen molar-refractivity contribution in [2.75, 3.05) is 18.7 Å². The molecule has 23 heavy (non-hydrogen) atoms. The Kier molecular flexibility index (Phi) is 4.66. The van der Waals surface area contributed by atoms with Crippen molar-refractivity contribution in [3.8, 4) is 11.5 Å². The lowest BCUT2D eigenvalue weighted by atomic mass is 10.2. The average Bonchev–Trinajstić information content (AvgIpc) is 3.00. The number of hydrogen-bond acceptors (Lipinski definition) is 4. The number of anilines is 1. The molecular weight excluding hydrogens is 292 g/mol. The van der Waals surface area contributed by atoms with Gasteiger partial charge in [-0.1, -0.05) is 18.2 Å². The third kappa shape index (κ3) is 4.16. The Hall–Kier alpha value is -2.69. The minimum absolute atomic E-state index is 0.0165. The molecule has 2 aromatic carbocycles. The molecule has 0 atom stereocenters. The van der Waals surface area contributed by atoms with Gasteiger partial charge in [0.1, 0.15) is 0 Å². The van der Waals surface area contributed by atoms with Gasteiger partial charge in [-0.2, -0.15) is 0 Å². The van der Waals surface area contributed by atoms with Crippen molar-refractivity contribution >= 4 is 11.6 Å². The molecule has 1 amide bonds. The molecule has 2 aromatic rings. The highest BCUT2D eigenvalue weighted by Gasteiger charge is 2.13. The zero-order valence-corrected chi connectivity index (χ0v) is 13.1. The summed E-state index contributed by atoms with van der Waals surface area (Å²) in [5.74, 6) is 1.50. The summed E-state index contributed by atoms with van der Waals surface area (Å²) in [6.45, 7) is 3.40. The third-order valence-electron chi connectivity index (χ3n) is 3.63. The van der Waals surface area contributed by atoms with E-state index in [4.69, 9.17) is 9.47 Å². The Balaban J connectivity index is 1.41. The van der Waals surface area contributed by atoms with Gasteiger partial charge in [-0.25, -0.2) is 0 Å². The van der Waals surface area contributed by atoms with E-state index in [9.17, 15) is 4.79 Å². The van der Waals surface area contributed by atoms with Crippen LogP contribution in [0.5, 0.6) is 11.5 Å². The van der Waals surface area contributed by atoms with Gasteiger partial charge in [-0.05, 0) is 42.3 Å². The standard InChI is InChI=1S/C18H20N2O3/c1-13-3-2-4-15(9-13)19-8-7-18(21)20-11-14-5-6-16-17(10-14)23-12-22-16/h2-6,9-10,19H,7-8,11-12H2,1H3,(H,20,21). The lowest BCUT2D eigenvalue weighted by Gasteiger charge is -2.08. The van der Waals surface area contributed by atoms with Crippen molar-refractivity contribution in [2.45, 2.75) is 19.9 Å². The number of amides is 1. The summed E-state index contributed by atoms with van der Waals surface area (Å²) in [5.41, 5.74) is 3.23. The molecule has 0 saturated heterocycles. The normalized spacial score (nSPS) is 12.0. The first kappa shape index (κ1) is 15.2. The minimum Gasteiger partial charge on any atom is -0.454 e. The number of carbonyl (C=O) groups is 1. The van der Waals surface area contributed by atoms with Gasteiger partial charge in [0.15, 0.2) is 11.5 Å². The molecule has 0 unspecified atom stereocenters. The molecule has 1 heterocycles. The smallest absolute Gasteiger partial charge is 0.231 e. The lowest BCUT2D eigenvalue weighted by molar-refractivity contribution is -0.121. The zero-order valence-electron chi connectivity index (χ0n) is 13.1. The molecule has 0 aliphatic carbocycles. The average molecular weight is 312 g/mol. The second-order valence-corrected chi connectivity index (χ2v) is 5.51. The number of hydrogen-bond donors (Lipinski definition) is 2. The highest BCUT2D eigenvalue weighted by Crippen LogP contribution is 2.32. The molecule has 120 valence electrons. The molecule has 1 aliphatic rings. The molecule has 0 saturated carbocycles. The first-order chi connectivity index (χ1) is 11.2. The molecular formula is C18H20N2O3. The van der Waals surface area contributed by atoms with Crippen molar-refractivity contribution in [1.82, 2.24) is 5.32 Å². The predicted octanol–water partition coefficient (Wildman–Crippen LogP) is 2.84. The summed E-state index contributed by atoms with van der Waals surface area (Å²) in [7, 11) is 0. The minimum atomic E-state index is 0.0165. The first-order valence-electron chi connectivity index (χ1n) is 7.66. The van der Waals surface area contributed by atoms with E-state index in [-0.39, 0.29) is 12.7 Å². The number of aryl methyl sites for hydroxylation is 1. The number of benzene rings is 2. The van der Waals surface area contributed by atoms with Gasteiger partial charge in [0.2, 0.25) is 12.7 Å². The van der Waals surface area contributed by atoms with Crippen LogP contribution in [0.3, 0.4) is 0 Å². The van der Waals surface area contributed by atoms with Gasteiger partial charge < -0.3 is 20.1 Å². The highest BCUT2D eigenvalue weighted by molar-refractivity contribution is 5.76. The summed E-state index contributed by atoms with van der Waals surface area (Å²) in [5, 5.41) is 6.16. The Morgan fingerprint density at radius 1 is 1.13 bits per heavy atom. The molecule has 1 aliphatic heterocycles. The number of rotatable bonds is 6. The summed E-state index contributed by atoms with van der Waals surface area (Å²) in [4.78, 5) is 11.9. The van der Waals surface area contributed by atoms with Crippen molar-refractivity contribution in [3.63, 3.8) is 0 Å². The van der Waals surface area contributed by atoms with E-state index in [2.05, 4.69) is 16.7 Å². The Morgan fingerprint density at radius 3 is 2.87 bits per heavy atom. The van der Waals surface area contributed by atoms with Crippen LogP contribution in [-0.2, 0) is 11.3 Å². The van der Waals surface area contributed by atoms with Crippen molar-refractivity contribution < 1.29 is 14.3 Å². The topological polar surface area (TPSA) is 59.6 Å². The van der Waals surface area contributed by atoms with E-state index in [0.29, 0.717) is 19.5 Å². The Labute approximate surface area is 135 Å². The Bertz CT molecular complexity index is 700. The molecule has 5 nitrogen and oxygen atoms in total. The zero-order chi connectivity index (χ0) is 16.1. The van der Waals surface area contributed by atoms with E-state index in [1.54, 1.807) is 0 Å². The molecule has 0 aromatic heterocycles. The fourth-order valence-corrected chi connectivity index (χ4v) is 2.42. The molecule has 0 fully saturated rings. The van der Waals surface area contributed by atoms with Gasteiger partial charge in [-0.15, -0.1) is 0 Å². The second kappa shape index (κ2) is 7.05. The predicted molar refractivity (Wildman–Crippen MR) is 88.7 cm³/mol. The van der Waals surface area contributed by atoms with Crippen molar-refractivity contribution in [3.05, 3.63) is 53.6 Å². The molecule has 5 heteroatoms. The molecule has 2 N–H and O–H groups in total. The summed E-state index contributed by atoms with van der Waals surface area (Å²) < 4.78 is 10.6. The second-order valence-electron chi connectivity index (χ2n) is 5.51. The van der Waals surface area contributed by atoms with Crippen LogP contribution in [0.4, 0.5) is 5.69 Å². The maximum Gasteiger partial charge on any atom is 0.231 e. The van der Waals surface area contributed by atoms with E-state index in [1.165, 1.54) is 5.56 Å². The van der Waals surface area contributed by atoms with Crippen LogP contribution in [0.2, 0.25) is 0 Å². The van der Waals surface area contributed by atoms with Gasteiger partial charge >= 0.3 is 0 Å². The van der Waals surface area contributed by atoms with Crippen LogP contribution in [0.15, 0.2) is 42.5 Å². The first-order valence-corrected chi connectivity index (χ1v) is 7.66. The SMILES string of the molecule is Cc1cccc(NCCC(=O)NCc2ccc3c(c2)OCO3)c1. The lowest BCUT2D eigenvalue weighted by Crippen LogP contribution is -2.24. The van der Waals surface area contributed by atoms with Gasteiger partial charge in [-0.3, -0.25) is 4.79 Å². The van der Waals surface area contributed by atoms with Crippen LogP contribution < -0.4 is 20.1 Å². The maximum absolute atomic E-state index is 11.9. The van der Waals surface area contributed by atoms with Crippen LogP contribution in [0, 0.1) is 6.92 Å². The van der Waals surface area contributed by atoms with E-state index >= 15 is 0 Å². The highest BCUT2D eigenvalue weighted by atomic mass is 16.7. The summed E-state index contributed by atoms with van der Waals surface area (Å²) in [6, 6.07) is 13.8. The number of carbonyl (C=O) groups excluding carboxylic acids is 1. The number of ether oxygens (including phenoxy) is 2. The van der Waals surface area contributed by atoms with Crippen molar-refractivity contribution in [1.29, 1.82) is 0 Å². The maximum atomic E-state index is 11.9. The van der Waals surface area contributed by atoms with Crippen molar-refractivity contribution in [2.24, 2.45) is 0 Å². The number of nitrogens with one attached hydrogen (secondary N) is 2. The third-order valence-corrected chi connectivity index (χ3v) is 3.63. The molecule has 3 rings (SSSR count). The van der Waals surface area contributed by atoms with Crippen LogP contribution >= 0.6 is 0 Å². The summed E-state index contributed by atoms with van der Waals surface area (Å²) in [6.07, 6.45) is 0.429. The summed E-state index contributed by atoms with van der Waals surface area (Å²) >= 11 is 0. The number of fused-ring (bicyclic) bond motifs is 1. The molecule has 0 radical (unpaired) electrons. The fourth-order valence-electron chi connectivity index (χ4n) is 2.42. The largest absolute Gasteiger partial charge is 0.454 e. The van der Waals surface area contributed by atoms with E-state index < -0.39 is 0 Å². The van der Waals surface area contributed by atoms with Crippen LogP contribution in [-0.4, -0.2) is 19.2 Å². The van der Waals surface area contributed by atoms with Gasteiger partial charge in [0.25, 0.3) is 0 Å². The quantitative estimate of drug-likeness (QED) is 0.861. The van der Waals surface area contributed by atoms with Gasteiger partial charge in [0, 0.05) is 25.2 Å². The molecule has 0 bridgehead atoms. The fraction of sp³-hybridized carbons (Fsp3) is 0.278. The van der Waals surface area contributed by atoms with Crippen LogP contribution in [0.1, 0.15) is 17.5 Å². The van der Waals surface area contributed by atoms with Crippen LogP contribution in [0.25, 0.3) is 0 Å². The monoisotopic (exact) mass is 312 g/mol. The van der Waals surface area contributed by atoms with E-state index in [0.717, 1.165) is 22.7 Å². The Morgan fingerprint density at radius 2 is 2.00 bits per heavy atom.